The molecular formula is C17H15Cl2N3O3. The van der Waals surface area contributed by atoms with Crippen LogP contribution in [-0.4, -0.2) is 25.1 Å². The van der Waals surface area contributed by atoms with Gasteiger partial charge in [-0.1, -0.05) is 35.3 Å². The van der Waals surface area contributed by atoms with E-state index in [4.69, 9.17) is 27.9 Å². The number of nitrogens with one attached hydrogen (secondary N) is 2. The highest BCUT2D eigenvalue weighted by molar-refractivity contribution is 6.40. The quantitative estimate of drug-likeness (QED) is 0.485. The van der Waals surface area contributed by atoms with Gasteiger partial charge in [0.1, 0.15) is 5.75 Å². The minimum atomic E-state index is -0.942. The van der Waals surface area contributed by atoms with Crippen molar-refractivity contribution in [2.24, 2.45) is 5.10 Å². The second kappa shape index (κ2) is 8.50. The lowest BCUT2D eigenvalue weighted by molar-refractivity contribution is -0.136. The number of anilines is 1. The lowest BCUT2D eigenvalue weighted by Crippen LogP contribution is -2.32. The predicted molar refractivity (Wildman–Crippen MR) is 98.6 cm³/mol. The van der Waals surface area contributed by atoms with Crippen molar-refractivity contribution in [1.29, 1.82) is 0 Å². The normalized spacial score (nSPS) is 10.6. The molecule has 0 heterocycles. The van der Waals surface area contributed by atoms with E-state index in [9.17, 15) is 9.59 Å². The maximum Gasteiger partial charge on any atom is 0.329 e. The van der Waals surface area contributed by atoms with Gasteiger partial charge in [-0.3, -0.25) is 9.59 Å². The van der Waals surface area contributed by atoms with Crippen LogP contribution in [0.4, 0.5) is 5.69 Å². The van der Waals surface area contributed by atoms with Crippen LogP contribution in [0.1, 0.15) is 11.1 Å². The Morgan fingerprint density at radius 3 is 2.44 bits per heavy atom. The average Bonchev–Trinajstić information content (AvgIpc) is 2.57. The third-order valence-corrected chi connectivity index (χ3v) is 3.83. The van der Waals surface area contributed by atoms with E-state index in [1.54, 1.807) is 30.3 Å². The van der Waals surface area contributed by atoms with Crippen molar-refractivity contribution >= 4 is 46.9 Å². The highest BCUT2D eigenvalue weighted by Crippen LogP contribution is 2.25. The molecule has 0 spiro atoms. The monoisotopic (exact) mass is 379 g/mol. The first-order valence-electron chi connectivity index (χ1n) is 7.15. The number of hydrogen-bond donors (Lipinski definition) is 2. The van der Waals surface area contributed by atoms with E-state index in [2.05, 4.69) is 15.8 Å². The molecule has 2 rings (SSSR count). The Balaban J connectivity index is 2.03. The van der Waals surface area contributed by atoms with Gasteiger partial charge in [-0.15, -0.1) is 0 Å². The minimum absolute atomic E-state index is 0.374. The molecule has 0 aliphatic carbocycles. The van der Waals surface area contributed by atoms with Gasteiger partial charge in [-0.2, -0.15) is 5.10 Å². The molecule has 0 bridgehead atoms. The van der Waals surface area contributed by atoms with Crippen LogP contribution < -0.4 is 15.5 Å². The molecule has 0 saturated carbocycles. The summed E-state index contributed by atoms with van der Waals surface area (Å²) in [6.45, 7) is 1.85. The molecule has 0 atom stereocenters. The Labute approximate surface area is 154 Å². The van der Waals surface area contributed by atoms with Gasteiger partial charge in [0, 0.05) is 5.56 Å². The molecule has 2 amide bonds. The molecular weight excluding hydrogens is 365 g/mol. The smallest absolute Gasteiger partial charge is 0.329 e. The van der Waals surface area contributed by atoms with Gasteiger partial charge < -0.3 is 10.1 Å². The van der Waals surface area contributed by atoms with Crippen LogP contribution in [0.3, 0.4) is 0 Å². The number of ether oxygens (including phenoxy) is 1. The molecule has 130 valence electrons. The Morgan fingerprint density at radius 2 is 1.80 bits per heavy atom. The molecule has 0 aliphatic heterocycles. The van der Waals surface area contributed by atoms with Crippen LogP contribution >= 0.6 is 23.2 Å². The SMILES string of the molecule is COc1ccc(C)cc1NC(=O)C(=O)N/N=C\c1c(Cl)cccc1Cl. The fourth-order valence-electron chi connectivity index (χ4n) is 1.94. The number of benzene rings is 2. The van der Waals surface area contributed by atoms with E-state index in [0.29, 0.717) is 27.0 Å². The van der Waals surface area contributed by atoms with Crippen molar-refractivity contribution in [3.8, 4) is 5.75 Å². The van der Waals surface area contributed by atoms with Crippen molar-refractivity contribution < 1.29 is 14.3 Å². The summed E-state index contributed by atoms with van der Waals surface area (Å²) in [6, 6.07) is 10.2. The molecule has 2 N–H and O–H groups in total. The average molecular weight is 380 g/mol. The first kappa shape index (κ1) is 18.8. The number of rotatable bonds is 4. The van der Waals surface area contributed by atoms with Gasteiger partial charge in [-0.05, 0) is 36.8 Å². The van der Waals surface area contributed by atoms with Crippen LogP contribution in [0, 0.1) is 6.92 Å². The van der Waals surface area contributed by atoms with Crippen molar-refractivity contribution in [2.75, 3.05) is 12.4 Å². The molecule has 6 nitrogen and oxygen atoms in total. The zero-order chi connectivity index (χ0) is 18.4. The summed E-state index contributed by atoms with van der Waals surface area (Å²) < 4.78 is 5.14. The summed E-state index contributed by atoms with van der Waals surface area (Å²) in [5.41, 5.74) is 3.85. The lowest BCUT2D eigenvalue weighted by Gasteiger charge is -2.10. The van der Waals surface area contributed by atoms with E-state index in [-0.39, 0.29) is 0 Å². The van der Waals surface area contributed by atoms with Crippen molar-refractivity contribution in [2.45, 2.75) is 6.92 Å². The Kier molecular flexibility index (Phi) is 6.38. The molecule has 0 saturated heterocycles. The topological polar surface area (TPSA) is 79.8 Å². The van der Waals surface area contributed by atoms with Crippen molar-refractivity contribution in [3.05, 3.63) is 57.6 Å². The first-order chi connectivity index (χ1) is 11.9. The second-order valence-corrected chi connectivity index (χ2v) is 5.81. The molecule has 25 heavy (non-hydrogen) atoms. The zero-order valence-electron chi connectivity index (χ0n) is 13.5. The molecule has 2 aromatic rings. The molecule has 8 heteroatoms. The minimum Gasteiger partial charge on any atom is -0.495 e. The second-order valence-electron chi connectivity index (χ2n) is 4.99. The maximum absolute atomic E-state index is 12.0. The Hall–Kier alpha value is -2.57. The summed E-state index contributed by atoms with van der Waals surface area (Å²) in [5.74, 6) is -1.38. The lowest BCUT2D eigenvalue weighted by atomic mass is 10.2. The number of aryl methyl sites for hydroxylation is 1. The van der Waals surface area contributed by atoms with E-state index in [1.807, 2.05) is 13.0 Å². The van der Waals surface area contributed by atoms with Gasteiger partial charge in [0.2, 0.25) is 0 Å². The fraction of sp³-hybridized carbons (Fsp3) is 0.118. The van der Waals surface area contributed by atoms with Crippen molar-refractivity contribution in [1.82, 2.24) is 5.43 Å². The maximum atomic E-state index is 12.0. The highest BCUT2D eigenvalue weighted by Gasteiger charge is 2.15. The van der Waals surface area contributed by atoms with Crippen LogP contribution in [0.15, 0.2) is 41.5 Å². The van der Waals surface area contributed by atoms with Gasteiger partial charge in [0.25, 0.3) is 0 Å². The standard InChI is InChI=1S/C17H15Cl2N3O3/c1-10-6-7-15(25-2)14(8-10)21-16(23)17(24)22-20-9-11-12(18)4-3-5-13(11)19/h3-9H,1-2H3,(H,21,23)(H,22,24)/b20-9-. The van der Waals surface area contributed by atoms with Crippen LogP contribution in [0.2, 0.25) is 10.0 Å². The molecule has 0 aliphatic rings. The van der Waals surface area contributed by atoms with E-state index in [0.717, 1.165) is 5.56 Å². The van der Waals surface area contributed by atoms with Gasteiger partial charge in [0.05, 0.1) is 29.1 Å². The third kappa shape index (κ3) is 4.95. The molecule has 0 fully saturated rings. The number of halogens is 2. The number of amides is 2. The number of carbonyl (C=O) groups excluding carboxylic acids is 2. The fourth-order valence-corrected chi connectivity index (χ4v) is 2.43. The summed E-state index contributed by atoms with van der Waals surface area (Å²) in [7, 11) is 1.47. The number of hydrazone groups is 1. The molecule has 0 aromatic heterocycles. The summed E-state index contributed by atoms with van der Waals surface area (Å²) in [6.07, 6.45) is 1.27. The largest absolute Gasteiger partial charge is 0.495 e. The van der Waals surface area contributed by atoms with Crippen LogP contribution in [0.25, 0.3) is 0 Å². The number of nitrogens with zero attached hydrogens (tertiary/aromatic N) is 1. The summed E-state index contributed by atoms with van der Waals surface area (Å²) in [5, 5.41) is 6.92. The van der Waals surface area contributed by atoms with E-state index < -0.39 is 11.8 Å². The molecule has 0 radical (unpaired) electrons. The third-order valence-electron chi connectivity index (χ3n) is 3.17. The Bertz CT molecular complexity index is 818. The summed E-state index contributed by atoms with van der Waals surface area (Å²) >= 11 is 12.0. The van der Waals surface area contributed by atoms with Gasteiger partial charge >= 0.3 is 11.8 Å². The van der Waals surface area contributed by atoms with Gasteiger partial charge in [-0.25, -0.2) is 5.43 Å². The van der Waals surface area contributed by atoms with Gasteiger partial charge in [0.15, 0.2) is 0 Å². The zero-order valence-corrected chi connectivity index (χ0v) is 15.0. The summed E-state index contributed by atoms with van der Waals surface area (Å²) in [4.78, 5) is 23.8. The Morgan fingerprint density at radius 1 is 1.12 bits per heavy atom. The van der Waals surface area contributed by atoms with Crippen molar-refractivity contribution in [3.63, 3.8) is 0 Å². The molecule has 2 aromatic carbocycles. The first-order valence-corrected chi connectivity index (χ1v) is 7.91. The van der Waals surface area contributed by atoms with Crippen LogP contribution in [-0.2, 0) is 9.59 Å². The number of carbonyl (C=O) groups is 2. The van der Waals surface area contributed by atoms with E-state index in [1.165, 1.54) is 13.3 Å². The van der Waals surface area contributed by atoms with E-state index >= 15 is 0 Å². The number of methoxy groups -OCH3 is 1. The predicted octanol–water partition coefficient (Wildman–Crippen LogP) is 3.40. The van der Waals surface area contributed by atoms with Crippen LogP contribution in [0.5, 0.6) is 5.75 Å². The number of hydrogen-bond acceptors (Lipinski definition) is 4. The highest BCUT2D eigenvalue weighted by atomic mass is 35.5. The molecule has 0 unspecified atom stereocenters.